The van der Waals surface area contributed by atoms with Crippen LogP contribution in [0.2, 0.25) is 0 Å². The predicted octanol–water partition coefficient (Wildman–Crippen LogP) is 4.95. The minimum Gasteiger partial charge on any atom is -0.457 e. The number of aromatic nitrogens is 1. The number of benzene rings is 2. The van der Waals surface area contributed by atoms with Crippen molar-refractivity contribution in [1.82, 2.24) is 15.6 Å². The van der Waals surface area contributed by atoms with Gasteiger partial charge in [-0.15, -0.1) is 0 Å². The molecule has 37 heavy (non-hydrogen) atoms. The molecular formula is C28H29N5O3S. The number of thioether (sulfide) groups is 1. The molecular weight excluding hydrogens is 486 g/mol. The summed E-state index contributed by atoms with van der Waals surface area (Å²) in [5, 5.41) is 6.51. The van der Waals surface area contributed by atoms with Gasteiger partial charge in [-0.3, -0.25) is 9.69 Å². The monoisotopic (exact) mass is 515 g/mol. The molecule has 8 nitrogen and oxygen atoms in total. The Labute approximate surface area is 220 Å². The number of pyridine rings is 1. The third-order valence-electron chi connectivity index (χ3n) is 7.30. The van der Waals surface area contributed by atoms with Gasteiger partial charge in [0.2, 0.25) is 5.91 Å². The van der Waals surface area contributed by atoms with Gasteiger partial charge in [0.05, 0.1) is 17.4 Å². The highest BCUT2D eigenvalue weighted by Gasteiger charge is 2.47. The number of aryl methyl sites for hydroxylation is 1. The van der Waals surface area contributed by atoms with Crippen LogP contribution in [0.3, 0.4) is 0 Å². The molecule has 2 unspecified atom stereocenters. The summed E-state index contributed by atoms with van der Waals surface area (Å²) in [6.45, 7) is 1.95. The zero-order valence-electron chi connectivity index (χ0n) is 20.5. The van der Waals surface area contributed by atoms with Crippen LogP contribution in [0.4, 0.5) is 16.2 Å². The Hall–Kier alpha value is -3.56. The number of amides is 3. The van der Waals surface area contributed by atoms with E-state index < -0.39 is 11.3 Å². The number of carbonyl (C=O) groups is 2. The molecule has 3 aliphatic rings. The summed E-state index contributed by atoms with van der Waals surface area (Å²) in [7, 11) is 0. The summed E-state index contributed by atoms with van der Waals surface area (Å²) in [4.78, 5) is 33.0. The number of nitrogens with two attached hydrogens (primary N) is 1. The fraction of sp³-hybridized carbons (Fsp3) is 0.321. The summed E-state index contributed by atoms with van der Waals surface area (Å²) in [6, 6.07) is 16.3. The largest absolute Gasteiger partial charge is 0.457 e. The molecule has 3 aromatic rings. The Kier molecular flexibility index (Phi) is 6.26. The second kappa shape index (κ2) is 9.72. The quantitative estimate of drug-likeness (QED) is 0.444. The summed E-state index contributed by atoms with van der Waals surface area (Å²) in [5.41, 5.74) is 9.52. The van der Waals surface area contributed by atoms with Crippen molar-refractivity contribution in [3.05, 3.63) is 71.9 Å². The molecule has 0 saturated heterocycles. The van der Waals surface area contributed by atoms with E-state index in [9.17, 15) is 9.59 Å². The Balaban J connectivity index is 1.27. The van der Waals surface area contributed by atoms with Gasteiger partial charge in [0.15, 0.2) is 0 Å². The van der Waals surface area contributed by atoms with Crippen molar-refractivity contribution in [2.45, 2.75) is 61.0 Å². The number of nitrogens with zero attached hydrogens (tertiary/aromatic N) is 2. The number of para-hydroxylation sites is 1. The number of carbonyl (C=O) groups excluding carboxylic acids is 2. The van der Waals surface area contributed by atoms with Crippen molar-refractivity contribution >= 4 is 35.1 Å². The van der Waals surface area contributed by atoms with Crippen molar-refractivity contribution in [3.63, 3.8) is 0 Å². The highest BCUT2D eigenvalue weighted by Crippen LogP contribution is 2.51. The van der Waals surface area contributed by atoms with Crippen molar-refractivity contribution in [2.24, 2.45) is 5.73 Å². The molecule has 2 aromatic carbocycles. The lowest BCUT2D eigenvalue weighted by atomic mass is 9.90. The standard InChI is InChI=1S/C28H29N5O3S/c1-16-15-18(36-17-7-3-2-4-8-17)11-12-21(16)33-22-13-14-30-27-23(22)24(32-28(33)35)25(37-27)26(34)31-20-10-6-5-9-19(20)29/h2-4,7-8,11-15,19-20,24-25H,5-6,9-10,29H2,1H3,(H,31,34)(H,32,35)/t19-,20+,24?,25?/m0/s1. The predicted molar refractivity (Wildman–Crippen MR) is 143 cm³/mol. The van der Waals surface area contributed by atoms with E-state index in [1.165, 1.54) is 11.8 Å². The average molecular weight is 516 g/mol. The maximum absolute atomic E-state index is 13.5. The molecule has 4 N–H and O–H groups in total. The van der Waals surface area contributed by atoms with Crippen LogP contribution in [0.1, 0.15) is 42.9 Å². The van der Waals surface area contributed by atoms with E-state index in [0.717, 1.165) is 59.0 Å². The highest BCUT2D eigenvalue weighted by molar-refractivity contribution is 8.01. The highest BCUT2D eigenvalue weighted by atomic mass is 32.2. The molecule has 4 atom stereocenters. The molecule has 3 amide bonds. The van der Waals surface area contributed by atoms with Crippen LogP contribution in [0.5, 0.6) is 11.5 Å². The first-order chi connectivity index (χ1) is 18.0. The number of nitrogens with one attached hydrogen (secondary N) is 2. The van der Waals surface area contributed by atoms with Crippen LogP contribution >= 0.6 is 11.8 Å². The SMILES string of the molecule is Cc1cc(Oc2ccccc2)ccc1N1C(=O)NC2c3c1ccnc3SC2C(=O)N[C@@H]1CCCC[C@@H]1N. The van der Waals surface area contributed by atoms with Crippen molar-refractivity contribution < 1.29 is 14.3 Å². The number of ether oxygens (including phenoxy) is 1. The smallest absolute Gasteiger partial charge is 0.327 e. The van der Waals surface area contributed by atoms with E-state index in [1.54, 1.807) is 11.1 Å². The molecule has 1 aromatic heterocycles. The fourth-order valence-electron chi connectivity index (χ4n) is 5.43. The Morgan fingerprint density at radius 1 is 1.11 bits per heavy atom. The minimum atomic E-state index is -0.494. The third-order valence-corrected chi connectivity index (χ3v) is 8.59. The van der Waals surface area contributed by atoms with E-state index in [4.69, 9.17) is 10.5 Å². The maximum Gasteiger partial charge on any atom is 0.327 e. The third kappa shape index (κ3) is 4.42. The van der Waals surface area contributed by atoms with Gasteiger partial charge in [0.1, 0.15) is 21.8 Å². The van der Waals surface area contributed by atoms with Gasteiger partial charge in [-0.1, -0.05) is 42.8 Å². The summed E-state index contributed by atoms with van der Waals surface area (Å²) in [6.07, 6.45) is 5.65. The molecule has 6 rings (SSSR count). The number of hydrogen-bond donors (Lipinski definition) is 3. The zero-order valence-corrected chi connectivity index (χ0v) is 21.3. The van der Waals surface area contributed by atoms with Gasteiger partial charge in [-0.25, -0.2) is 9.78 Å². The van der Waals surface area contributed by atoms with E-state index in [2.05, 4.69) is 15.6 Å². The van der Waals surface area contributed by atoms with E-state index in [1.807, 2.05) is 61.5 Å². The second-order valence-corrected chi connectivity index (χ2v) is 10.9. The summed E-state index contributed by atoms with van der Waals surface area (Å²) in [5.74, 6) is 1.33. The second-order valence-electron chi connectivity index (χ2n) is 9.78. The van der Waals surface area contributed by atoms with Gasteiger partial charge in [0, 0.05) is 23.8 Å². The van der Waals surface area contributed by atoms with Crippen molar-refractivity contribution in [3.8, 4) is 11.5 Å². The Morgan fingerprint density at radius 3 is 2.70 bits per heavy atom. The molecule has 2 aliphatic heterocycles. The number of anilines is 2. The Morgan fingerprint density at radius 2 is 1.92 bits per heavy atom. The van der Waals surface area contributed by atoms with Gasteiger partial charge in [-0.2, -0.15) is 0 Å². The maximum atomic E-state index is 13.5. The lowest BCUT2D eigenvalue weighted by Gasteiger charge is -2.35. The van der Waals surface area contributed by atoms with Gasteiger partial charge >= 0.3 is 6.03 Å². The fourth-order valence-corrected chi connectivity index (χ4v) is 6.67. The van der Waals surface area contributed by atoms with Crippen LogP contribution in [0.15, 0.2) is 65.8 Å². The number of rotatable bonds is 5. The zero-order chi connectivity index (χ0) is 25.5. The molecule has 0 radical (unpaired) electrons. The van der Waals surface area contributed by atoms with Crippen LogP contribution in [-0.2, 0) is 4.79 Å². The van der Waals surface area contributed by atoms with Gasteiger partial charge in [-0.05, 0) is 61.7 Å². The van der Waals surface area contributed by atoms with Crippen LogP contribution in [-0.4, -0.2) is 34.3 Å². The van der Waals surface area contributed by atoms with E-state index >= 15 is 0 Å². The van der Waals surface area contributed by atoms with Crippen LogP contribution in [0, 0.1) is 6.92 Å². The van der Waals surface area contributed by atoms with Crippen LogP contribution in [0.25, 0.3) is 0 Å². The van der Waals surface area contributed by atoms with E-state index in [0.29, 0.717) is 5.75 Å². The topological polar surface area (TPSA) is 110 Å². The molecule has 190 valence electrons. The average Bonchev–Trinajstić information content (AvgIpc) is 3.26. The molecule has 0 spiro atoms. The molecule has 3 heterocycles. The normalized spacial score (nSPS) is 24.3. The van der Waals surface area contributed by atoms with Gasteiger partial charge in [0.25, 0.3) is 0 Å². The molecule has 1 aliphatic carbocycles. The van der Waals surface area contributed by atoms with Crippen LogP contribution < -0.4 is 26.0 Å². The lowest BCUT2D eigenvalue weighted by molar-refractivity contribution is -0.122. The summed E-state index contributed by atoms with van der Waals surface area (Å²) >= 11 is 1.40. The molecule has 9 heteroatoms. The first kappa shape index (κ1) is 23.8. The summed E-state index contributed by atoms with van der Waals surface area (Å²) < 4.78 is 5.97. The molecule has 1 fully saturated rings. The van der Waals surface area contributed by atoms with Crippen molar-refractivity contribution in [2.75, 3.05) is 4.90 Å². The minimum absolute atomic E-state index is 0.0339. The lowest BCUT2D eigenvalue weighted by Crippen LogP contribution is -2.54. The molecule has 0 bridgehead atoms. The van der Waals surface area contributed by atoms with E-state index in [-0.39, 0.29) is 24.0 Å². The first-order valence-corrected chi connectivity index (χ1v) is 13.5. The number of urea groups is 1. The number of hydrogen-bond acceptors (Lipinski definition) is 6. The Bertz CT molecular complexity index is 1350. The van der Waals surface area contributed by atoms with Gasteiger partial charge < -0.3 is 21.1 Å². The molecule has 1 saturated carbocycles. The van der Waals surface area contributed by atoms with Crippen molar-refractivity contribution in [1.29, 1.82) is 0 Å². The first-order valence-electron chi connectivity index (χ1n) is 12.7.